The van der Waals surface area contributed by atoms with Crippen LogP contribution in [0.1, 0.15) is 25.0 Å². The summed E-state index contributed by atoms with van der Waals surface area (Å²) < 4.78 is 13.0. The number of nitrogens with zero attached hydrogens (tertiary/aromatic N) is 1. The predicted molar refractivity (Wildman–Crippen MR) is 216 cm³/mol. The van der Waals surface area contributed by atoms with E-state index in [-0.39, 0.29) is 5.41 Å². The smallest absolute Gasteiger partial charge is 0.143 e. The molecule has 2 heterocycles. The first-order valence-corrected chi connectivity index (χ1v) is 17.9. The van der Waals surface area contributed by atoms with Crippen LogP contribution in [0, 0.1) is 0 Å². The summed E-state index contributed by atoms with van der Waals surface area (Å²) in [5.41, 5.74) is 14.1. The number of benzene rings is 8. The van der Waals surface area contributed by atoms with Crippen molar-refractivity contribution in [3.8, 4) is 22.3 Å². The van der Waals surface area contributed by atoms with E-state index < -0.39 is 0 Å². The molecule has 0 saturated carbocycles. The third-order valence-electron chi connectivity index (χ3n) is 11.3. The van der Waals surface area contributed by atoms with E-state index >= 15 is 0 Å². The van der Waals surface area contributed by atoms with Crippen molar-refractivity contribution in [1.29, 1.82) is 0 Å². The number of hydrogen-bond donors (Lipinski definition) is 0. The van der Waals surface area contributed by atoms with E-state index in [1.807, 2.05) is 12.1 Å². The molecule has 0 radical (unpaired) electrons. The Morgan fingerprint density at radius 2 is 1.15 bits per heavy atom. The van der Waals surface area contributed by atoms with Gasteiger partial charge in [0.25, 0.3) is 0 Å². The molecule has 0 amide bonds. The highest BCUT2D eigenvalue weighted by Crippen LogP contribution is 2.54. The highest BCUT2D eigenvalue weighted by Gasteiger charge is 2.38. The molecular formula is C49H33NO2. The van der Waals surface area contributed by atoms with Crippen LogP contribution in [-0.4, -0.2) is 0 Å². The second kappa shape index (κ2) is 10.7. The van der Waals surface area contributed by atoms with E-state index in [0.29, 0.717) is 0 Å². The predicted octanol–water partition coefficient (Wildman–Crippen LogP) is 14.1. The summed E-state index contributed by atoms with van der Waals surface area (Å²) >= 11 is 0. The van der Waals surface area contributed by atoms with Gasteiger partial charge in [-0.1, -0.05) is 123 Å². The molecule has 0 fully saturated rings. The van der Waals surface area contributed by atoms with Gasteiger partial charge in [0.05, 0.1) is 11.1 Å². The first kappa shape index (κ1) is 29.2. The zero-order valence-electron chi connectivity index (χ0n) is 28.9. The van der Waals surface area contributed by atoms with E-state index in [4.69, 9.17) is 8.83 Å². The second-order valence-electron chi connectivity index (χ2n) is 14.5. The average molecular weight is 668 g/mol. The van der Waals surface area contributed by atoms with E-state index in [1.54, 1.807) is 0 Å². The van der Waals surface area contributed by atoms with E-state index in [1.165, 1.54) is 44.2 Å². The van der Waals surface area contributed by atoms with Crippen LogP contribution < -0.4 is 4.90 Å². The van der Waals surface area contributed by atoms with Crippen molar-refractivity contribution in [2.45, 2.75) is 19.3 Å². The molecule has 3 nitrogen and oxygen atoms in total. The summed E-state index contributed by atoms with van der Waals surface area (Å²) in [4.78, 5) is 2.39. The third-order valence-corrected chi connectivity index (χ3v) is 11.3. The van der Waals surface area contributed by atoms with Crippen molar-refractivity contribution in [2.24, 2.45) is 0 Å². The first-order valence-electron chi connectivity index (χ1n) is 17.9. The van der Waals surface area contributed by atoms with E-state index in [0.717, 1.165) is 60.9 Å². The molecule has 0 bridgehead atoms. The maximum Gasteiger partial charge on any atom is 0.143 e. The van der Waals surface area contributed by atoms with Crippen LogP contribution in [0.5, 0.6) is 0 Å². The van der Waals surface area contributed by atoms with Crippen LogP contribution >= 0.6 is 0 Å². The zero-order chi connectivity index (χ0) is 34.6. The first-order chi connectivity index (χ1) is 25.5. The van der Waals surface area contributed by atoms with Gasteiger partial charge < -0.3 is 13.7 Å². The normalized spacial score (nSPS) is 13.3. The molecule has 3 heteroatoms. The SMILES string of the molecule is CC1(C)c2cc(N(c3ccc(-c4ccc5ccccc5c4)cc3)c3cccc4oc5ccccc5c34)ccc2-c2c1ccc1c2oc2ccccc21. The van der Waals surface area contributed by atoms with Crippen molar-refractivity contribution in [3.63, 3.8) is 0 Å². The van der Waals surface area contributed by atoms with Crippen LogP contribution in [0.25, 0.3) is 76.9 Å². The summed E-state index contributed by atoms with van der Waals surface area (Å²) in [6.45, 7) is 4.67. The van der Waals surface area contributed by atoms with Gasteiger partial charge in [0.2, 0.25) is 0 Å². The fourth-order valence-electron chi connectivity index (χ4n) is 8.67. The maximum atomic E-state index is 6.59. The molecular weight excluding hydrogens is 635 g/mol. The number of furan rings is 2. The Kier molecular flexibility index (Phi) is 6.01. The largest absolute Gasteiger partial charge is 0.456 e. The summed E-state index contributed by atoms with van der Waals surface area (Å²) in [6, 6.07) is 58.8. The number of hydrogen-bond acceptors (Lipinski definition) is 3. The Balaban J connectivity index is 1.11. The molecule has 0 unspecified atom stereocenters. The van der Waals surface area contributed by atoms with Crippen molar-refractivity contribution in [1.82, 2.24) is 0 Å². The lowest BCUT2D eigenvalue weighted by Gasteiger charge is -2.28. The molecule has 0 atom stereocenters. The van der Waals surface area contributed by atoms with Crippen LogP contribution in [-0.2, 0) is 5.41 Å². The molecule has 1 aliphatic carbocycles. The minimum Gasteiger partial charge on any atom is -0.456 e. The van der Waals surface area contributed by atoms with Gasteiger partial charge in [0.1, 0.15) is 22.3 Å². The molecule has 52 heavy (non-hydrogen) atoms. The van der Waals surface area contributed by atoms with Gasteiger partial charge in [-0.05, 0) is 93.2 Å². The molecule has 0 saturated heterocycles. The van der Waals surface area contributed by atoms with Crippen molar-refractivity contribution in [3.05, 3.63) is 175 Å². The van der Waals surface area contributed by atoms with Crippen molar-refractivity contribution in [2.75, 3.05) is 4.90 Å². The Labute approximate surface area is 301 Å². The van der Waals surface area contributed by atoms with Gasteiger partial charge in [-0.15, -0.1) is 0 Å². The number of anilines is 3. The Morgan fingerprint density at radius 1 is 0.462 bits per heavy atom. The lowest BCUT2D eigenvalue weighted by molar-refractivity contribution is 0.653. The topological polar surface area (TPSA) is 29.5 Å². The zero-order valence-corrected chi connectivity index (χ0v) is 28.9. The summed E-state index contributed by atoms with van der Waals surface area (Å²) in [6.07, 6.45) is 0. The summed E-state index contributed by atoms with van der Waals surface area (Å²) in [5.74, 6) is 0. The summed E-state index contributed by atoms with van der Waals surface area (Å²) in [5, 5.41) is 7.01. The van der Waals surface area contributed by atoms with Gasteiger partial charge >= 0.3 is 0 Å². The maximum absolute atomic E-state index is 6.59. The quantitative estimate of drug-likeness (QED) is 0.187. The molecule has 11 rings (SSSR count). The monoisotopic (exact) mass is 667 g/mol. The molecule has 10 aromatic rings. The molecule has 0 spiro atoms. The van der Waals surface area contributed by atoms with Crippen molar-refractivity contribution < 1.29 is 8.83 Å². The fraction of sp³-hybridized carbons (Fsp3) is 0.0612. The van der Waals surface area contributed by atoms with E-state index in [9.17, 15) is 0 Å². The number of fused-ring (bicyclic) bond motifs is 11. The molecule has 1 aliphatic rings. The lowest BCUT2D eigenvalue weighted by Crippen LogP contribution is -2.16. The minimum absolute atomic E-state index is 0.228. The lowest BCUT2D eigenvalue weighted by atomic mass is 9.82. The van der Waals surface area contributed by atoms with Crippen LogP contribution in [0.2, 0.25) is 0 Å². The highest BCUT2D eigenvalue weighted by atomic mass is 16.3. The van der Waals surface area contributed by atoms with Crippen molar-refractivity contribution >= 4 is 71.7 Å². The van der Waals surface area contributed by atoms with Crippen LogP contribution in [0.4, 0.5) is 17.1 Å². The number of para-hydroxylation sites is 2. The highest BCUT2D eigenvalue weighted by molar-refractivity contribution is 6.14. The average Bonchev–Trinajstić information content (AvgIpc) is 3.83. The standard InChI is InChI=1S/C49H33NO2/c1-49(2)40-27-26-37-36-12-5-7-15-43(36)52-48(37)46(40)38-25-24-35(29-41(38)49)50(42-14-9-17-45-47(42)39-13-6-8-16-44(39)51-45)34-22-20-31(21-23-34)33-19-18-30-10-3-4-11-32(30)28-33/h3-29H,1-2H3. The van der Waals surface area contributed by atoms with E-state index in [2.05, 4.69) is 170 Å². The van der Waals surface area contributed by atoms with Crippen LogP contribution in [0.3, 0.4) is 0 Å². The van der Waals surface area contributed by atoms with Gasteiger partial charge in [-0.2, -0.15) is 0 Å². The fourth-order valence-corrected chi connectivity index (χ4v) is 8.67. The van der Waals surface area contributed by atoms with Gasteiger partial charge in [0, 0.05) is 38.5 Å². The summed E-state index contributed by atoms with van der Waals surface area (Å²) in [7, 11) is 0. The molecule has 0 aliphatic heterocycles. The minimum atomic E-state index is -0.228. The molecule has 2 aromatic heterocycles. The second-order valence-corrected chi connectivity index (χ2v) is 14.5. The van der Waals surface area contributed by atoms with Gasteiger partial charge in [0.15, 0.2) is 0 Å². The molecule has 8 aromatic carbocycles. The Hall–Kier alpha value is -6.58. The molecule has 0 N–H and O–H groups in total. The van der Waals surface area contributed by atoms with Gasteiger partial charge in [-0.3, -0.25) is 0 Å². The van der Waals surface area contributed by atoms with Crippen LogP contribution in [0.15, 0.2) is 173 Å². The number of rotatable bonds is 4. The third kappa shape index (κ3) is 4.14. The van der Waals surface area contributed by atoms with Gasteiger partial charge in [-0.25, -0.2) is 0 Å². The molecule has 246 valence electrons. The Morgan fingerprint density at radius 3 is 2.00 bits per heavy atom. The Bertz CT molecular complexity index is 3050.